The second kappa shape index (κ2) is 4.90. The van der Waals surface area contributed by atoms with Gasteiger partial charge in [0.25, 0.3) is 0 Å². The van der Waals surface area contributed by atoms with Gasteiger partial charge in [-0.2, -0.15) is 0 Å². The molecule has 0 spiro atoms. The van der Waals surface area contributed by atoms with Gasteiger partial charge in [-0.05, 0) is 24.6 Å². The molecule has 5 heteroatoms. The number of halogens is 1. The van der Waals surface area contributed by atoms with Gasteiger partial charge in [-0.15, -0.1) is 0 Å². The van der Waals surface area contributed by atoms with Gasteiger partial charge in [-0.3, -0.25) is 9.59 Å². The van der Waals surface area contributed by atoms with E-state index in [0.29, 0.717) is 26.9 Å². The lowest BCUT2D eigenvalue weighted by Gasteiger charge is -2.07. The maximum absolute atomic E-state index is 12.5. The zero-order valence-corrected chi connectivity index (χ0v) is 11.9. The van der Waals surface area contributed by atoms with Gasteiger partial charge < -0.3 is 9.52 Å². The largest absolute Gasteiger partial charge is 0.481 e. The molecule has 4 nitrogen and oxygen atoms in total. The van der Waals surface area contributed by atoms with Crippen LogP contribution >= 0.6 is 11.6 Å². The maximum Gasteiger partial charge on any atom is 0.307 e. The Morgan fingerprint density at radius 2 is 1.90 bits per heavy atom. The second-order valence-electron chi connectivity index (χ2n) is 4.87. The predicted molar refractivity (Wildman–Crippen MR) is 81.1 cm³/mol. The van der Waals surface area contributed by atoms with Gasteiger partial charge in [-0.1, -0.05) is 29.8 Å². The van der Waals surface area contributed by atoms with Crippen LogP contribution in [-0.2, 0) is 11.2 Å². The van der Waals surface area contributed by atoms with Crippen molar-refractivity contribution in [3.05, 3.63) is 56.7 Å². The molecule has 0 bridgehead atoms. The minimum atomic E-state index is -0.986. The minimum Gasteiger partial charge on any atom is -0.481 e. The summed E-state index contributed by atoms with van der Waals surface area (Å²) < 4.78 is 5.78. The quantitative estimate of drug-likeness (QED) is 0.735. The monoisotopic (exact) mass is 302 g/mol. The fourth-order valence-electron chi connectivity index (χ4n) is 2.37. The Kier molecular flexibility index (Phi) is 3.18. The molecule has 2 aromatic carbocycles. The average Bonchev–Trinajstić information content (AvgIpc) is 2.44. The van der Waals surface area contributed by atoms with Crippen molar-refractivity contribution in [3.63, 3.8) is 0 Å². The summed E-state index contributed by atoms with van der Waals surface area (Å²) in [4.78, 5) is 23.5. The zero-order chi connectivity index (χ0) is 15.1. The highest BCUT2D eigenvalue weighted by molar-refractivity contribution is 6.35. The third kappa shape index (κ3) is 2.17. The van der Waals surface area contributed by atoms with Gasteiger partial charge in [-0.25, -0.2) is 0 Å². The van der Waals surface area contributed by atoms with Gasteiger partial charge in [0, 0.05) is 5.56 Å². The Labute approximate surface area is 124 Å². The molecular weight excluding hydrogens is 292 g/mol. The molecule has 0 saturated heterocycles. The lowest BCUT2D eigenvalue weighted by molar-refractivity contribution is -0.136. The van der Waals surface area contributed by atoms with Gasteiger partial charge in [0.1, 0.15) is 5.58 Å². The predicted octanol–water partition coefficient (Wildman–Crippen LogP) is 3.54. The van der Waals surface area contributed by atoms with Crippen molar-refractivity contribution in [1.82, 2.24) is 0 Å². The zero-order valence-electron chi connectivity index (χ0n) is 11.1. The molecule has 0 atom stereocenters. The number of benzene rings is 2. The highest BCUT2D eigenvalue weighted by Crippen LogP contribution is 2.29. The average molecular weight is 303 g/mol. The number of rotatable bonds is 2. The van der Waals surface area contributed by atoms with Crippen LogP contribution in [0.4, 0.5) is 0 Å². The molecule has 106 valence electrons. The molecule has 21 heavy (non-hydrogen) atoms. The molecule has 1 N–H and O–H groups in total. The van der Waals surface area contributed by atoms with Crippen molar-refractivity contribution in [1.29, 1.82) is 0 Å². The van der Waals surface area contributed by atoms with Crippen molar-refractivity contribution >= 4 is 39.5 Å². The SMILES string of the molecule is Cc1ccc2c(=O)c3cccc(CC(=O)O)c3oc2c1Cl. The molecule has 3 rings (SSSR count). The molecule has 0 saturated carbocycles. The summed E-state index contributed by atoms with van der Waals surface area (Å²) in [5.74, 6) is -0.986. The Morgan fingerprint density at radius 1 is 1.19 bits per heavy atom. The van der Waals surface area contributed by atoms with E-state index in [-0.39, 0.29) is 17.4 Å². The molecule has 0 unspecified atom stereocenters. The number of aliphatic carboxylic acids is 1. The third-order valence-corrected chi connectivity index (χ3v) is 3.89. The number of hydrogen-bond donors (Lipinski definition) is 1. The van der Waals surface area contributed by atoms with Crippen LogP contribution in [0.15, 0.2) is 39.5 Å². The summed E-state index contributed by atoms with van der Waals surface area (Å²) in [5.41, 5.74) is 1.62. The number of carboxylic acid groups (broad SMARTS) is 1. The van der Waals surface area contributed by atoms with Gasteiger partial charge in [0.15, 0.2) is 5.58 Å². The first-order chi connectivity index (χ1) is 9.99. The van der Waals surface area contributed by atoms with Crippen LogP contribution in [0.2, 0.25) is 5.02 Å². The van der Waals surface area contributed by atoms with Crippen molar-refractivity contribution in [3.8, 4) is 0 Å². The minimum absolute atomic E-state index is 0.208. The van der Waals surface area contributed by atoms with Crippen LogP contribution in [0.1, 0.15) is 11.1 Å². The van der Waals surface area contributed by atoms with Crippen LogP contribution in [0.25, 0.3) is 21.9 Å². The number of hydrogen-bond acceptors (Lipinski definition) is 3. The van der Waals surface area contributed by atoms with E-state index in [1.807, 2.05) is 6.92 Å². The van der Waals surface area contributed by atoms with Crippen molar-refractivity contribution in [2.24, 2.45) is 0 Å². The van der Waals surface area contributed by atoms with E-state index in [2.05, 4.69) is 0 Å². The number of carboxylic acids is 1. The Morgan fingerprint density at radius 3 is 2.62 bits per heavy atom. The van der Waals surface area contributed by atoms with Crippen LogP contribution in [0.5, 0.6) is 0 Å². The van der Waals surface area contributed by atoms with Gasteiger partial charge >= 0.3 is 5.97 Å². The fourth-order valence-corrected chi connectivity index (χ4v) is 2.57. The van der Waals surface area contributed by atoms with Crippen LogP contribution in [0, 0.1) is 6.92 Å². The molecule has 1 heterocycles. The van der Waals surface area contributed by atoms with E-state index < -0.39 is 5.97 Å². The highest BCUT2D eigenvalue weighted by atomic mass is 35.5. The molecule has 1 aromatic heterocycles. The summed E-state index contributed by atoms with van der Waals surface area (Å²) in [6.07, 6.45) is -0.213. The van der Waals surface area contributed by atoms with E-state index in [0.717, 1.165) is 5.56 Å². The second-order valence-corrected chi connectivity index (χ2v) is 5.25. The fraction of sp³-hybridized carbons (Fsp3) is 0.125. The number of aryl methyl sites for hydroxylation is 1. The number of fused-ring (bicyclic) bond motifs is 2. The van der Waals surface area contributed by atoms with E-state index in [4.69, 9.17) is 21.1 Å². The summed E-state index contributed by atoms with van der Waals surface area (Å²) in [6.45, 7) is 1.81. The smallest absolute Gasteiger partial charge is 0.307 e. The Hall–Kier alpha value is -2.33. The highest BCUT2D eigenvalue weighted by Gasteiger charge is 2.15. The molecule has 0 aliphatic rings. The van der Waals surface area contributed by atoms with Crippen molar-refractivity contribution < 1.29 is 14.3 Å². The Balaban J connectivity index is 2.49. The van der Waals surface area contributed by atoms with Crippen LogP contribution < -0.4 is 5.43 Å². The molecule has 0 aliphatic heterocycles. The van der Waals surface area contributed by atoms with E-state index >= 15 is 0 Å². The topological polar surface area (TPSA) is 67.5 Å². The van der Waals surface area contributed by atoms with E-state index in [9.17, 15) is 9.59 Å². The first-order valence-corrected chi connectivity index (χ1v) is 6.72. The lowest BCUT2D eigenvalue weighted by Crippen LogP contribution is -2.06. The van der Waals surface area contributed by atoms with Crippen molar-refractivity contribution in [2.75, 3.05) is 0 Å². The number of para-hydroxylation sites is 1. The molecule has 0 aliphatic carbocycles. The molecule has 0 fully saturated rings. The molecular formula is C16H11ClO4. The first-order valence-electron chi connectivity index (χ1n) is 6.34. The summed E-state index contributed by atoms with van der Waals surface area (Å²) in [6, 6.07) is 8.34. The maximum atomic E-state index is 12.5. The third-order valence-electron chi connectivity index (χ3n) is 3.42. The standard InChI is InChI=1S/C16H11ClO4/c1-8-5-6-11-14(20)10-4-2-3-9(7-12(18)19)15(10)21-16(11)13(8)17/h2-6H,7H2,1H3,(H,18,19). The van der Waals surface area contributed by atoms with Gasteiger partial charge in [0.2, 0.25) is 5.43 Å². The van der Waals surface area contributed by atoms with Crippen LogP contribution in [-0.4, -0.2) is 11.1 Å². The normalized spacial score (nSPS) is 11.1. The first kappa shape index (κ1) is 13.6. The summed E-state index contributed by atoms with van der Waals surface area (Å²) in [7, 11) is 0. The summed E-state index contributed by atoms with van der Waals surface area (Å²) >= 11 is 6.21. The molecule has 0 radical (unpaired) electrons. The van der Waals surface area contributed by atoms with Gasteiger partial charge in [0.05, 0.1) is 22.2 Å². The molecule has 0 amide bonds. The number of carbonyl (C=O) groups is 1. The Bertz CT molecular complexity index is 940. The van der Waals surface area contributed by atoms with E-state index in [1.165, 1.54) is 0 Å². The van der Waals surface area contributed by atoms with Crippen molar-refractivity contribution in [2.45, 2.75) is 13.3 Å². The lowest BCUT2D eigenvalue weighted by atomic mass is 10.1. The van der Waals surface area contributed by atoms with E-state index in [1.54, 1.807) is 30.3 Å². The molecule has 3 aromatic rings. The van der Waals surface area contributed by atoms with Crippen LogP contribution in [0.3, 0.4) is 0 Å². The summed E-state index contributed by atoms with van der Waals surface area (Å²) in [5, 5.41) is 10.1.